The van der Waals surface area contributed by atoms with Crippen LogP contribution in [0.5, 0.6) is 11.5 Å². The van der Waals surface area contributed by atoms with Crippen LogP contribution in [-0.2, 0) is 10.1 Å². The molecule has 0 aliphatic carbocycles. The standard InChI is InChI=1S/C22H19N3O4S2/c1-15-9-10-20(28-2)21(12-15)31(26,27)29-17-7-5-6-16(13-17)24-22-25-19(14-30-22)18-8-3-4-11-23-18/h3-14H,1-2H3,(H,24,25). The van der Waals surface area contributed by atoms with Crippen LogP contribution in [0.15, 0.2) is 77.1 Å². The first-order valence-corrected chi connectivity index (χ1v) is 11.6. The molecule has 2 heterocycles. The van der Waals surface area contributed by atoms with E-state index in [1.165, 1.54) is 24.5 Å². The molecule has 0 saturated carbocycles. The maximum atomic E-state index is 12.8. The van der Waals surface area contributed by atoms with Crippen molar-refractivity contribution < 1.29 is 17.3 Å². The fourth-order valence-corrected chi connectivity index (χ4v) is 4.76. The molecule has 9 heteroatoms. The number of nitrogens with one attached hydrogen (secondary N) is 1. The summed E-state index contributed by atoms with van der Waals surface area (Å²) in [5.41, 5.74) is 2.97. The van der Waals surface area contributed by atoms with Gasteiger partial charge >= 0.3 is 10.1 Å². The van der Waals surface area contributed by atoms with Crippen LogP contribution in [0.1, 0.15) is 5.56 Å². The molecule has 0 aliphatic rings. The lowest BCUT2D eigenvalue weighted by atomic mass is 10.2. The predicted molar refractivity (Wildman–Crippen MR) is 121 cm³/mol. The van der Waals surface area contributed by atoms with Gasteiger partial charge in [-0.05, 0) is 48.9 Å². The van der Waals surface area contributed by atoms with Crippen molar-refractivity contribution in [2.45, 2.75) is 11.8 Å². The number of hydrogen-bond donors (Lipinski definition) is 1. The largest absolute Gasteiger partial charge is 0.495 e. The second-order valence-corrected chi connectivity index (χ2v) is 8.97. The number of benzene rings is 2. The van der Waals surface area contributed by atoms with Crippen LogP contribution in [0.2, 0.25) is 0 Å². The molecule has 4 rings (SSSR count). The molecule has 0 bridgehead atoms. The summed E-state index contributed by atoms with van der Waals surface area (Å²) in [5.74, 6) is 0.403. The Kier molecular flexibility index (Phi) is 5.88. The van der Waals surface area contributed by atoms with Crippen LogP contribution in [-0.4, -0.2) is 25.5 Å². The monoisotopic (exact) mass is 453 g/mol. The van der Waals surface area contributed by atoms with Crippen LogP contribution in [0.3, 0.4) is 0 Å². The number of pyridine rings is 1. The van der Waals surface area contributed by atoms with Crippen molar-refractivity contribution in [1.82, 2.24) is 9.97 Å². The van der Waals surface area contributed by atoms with E-state index >= 15 is 0 Å². The second-order valence-electron chi connectivity index (χ2n) is 6.60. The van der Waals surface area contributed by atoms with Gasteiger partial charge in [-0.25, -0.2) is 4.98 Å². The van der Waals surface area contributed by atoms with Gasteiger partial charge in [-0.15, -0.1) is 11.3 Å². The summed E-state index contributed by atoms with van der Waals surface area (Å²) in [6.45, 7) is 1.80. The summed E-state index contributed by atoms with van der Waals surface area (Å²) < 4.78 is 36.2. The van der Waals surface area contributed by atoms with E-state index in [0.717, 1.165) is 17.0 Å². The lowest BCUT2D eigenvalue weighted by Gasteiger charge is -2.12. The fraction of sp³-hybridized carbons (Fsp3) is 0.0909. The molecule has 0 fully saturated rings. The highest BCUT2D eigenvalue weighted by molar-refractivity contribution is 7.87. The van der Waals surface area contributed by atoms with Gasteiger partial charge in [0.05, 0.1) is 12.8 Å². The number of aryl methyl sites for hydroxylation is 1. The third kappa shape index (κ3) is 4.84. The van der Waals surface area contributed by atoms with Crippen molar-refractivity contribution in [3.63, 3.8) is 0 Å². The number of hydrogen-bond acceptors (Lipinski definition) is 8. The minimum Gasteiger partial charge on any atom is -0.495 e. The van der Waals surface area contributed by atoms with E-state index in [-0.39, 0.29) is 16.4 Å². The van der Waals surface area contributed by atoms with Crippen LogP contribution < -0.4 is 14.2 Å². The molecule has 4 aromatic rings. The van der Waals surface area contributed by atoms with E-state index in [0.29, 0.717) is 10.8 Å². The van der Waals surface area contributed by atoms with Crippen LogP contribution in [0.25, 0.3) is 11.4 Å². The molecule has 0 saturated heterocycles. The SMILES string of the molecule is COc1ccc(C)cc1S(=O)(=O)Oc1cccc(Nc2nc(-c3ccccn3)cs2)c1. The fourth-order valence-electron chi connectivity index (χ4n) is 2.86. The van der Waals surface area contributed by atoms with Crippen LogP contribution in [0.4, 0.5) is 10.8 Å². The molecular formula is C22H19N3O4S2. The summed E-state index contributed by atoms with van der Waals surface area (Å²) in [6, 6.07) is 17.2. The molecule has 0 atom stereocenters. The highest BCUT2D eigenvalue weighted by atomic mass is 32.2. The molecule has 0 aliphatic heterocycles. The lowest BCUT2D eigenvalue weighted by molar-refractivity contribution is 0.398. The molecule has 31 heavy (non-hydrogen) atoms. The summed E-state index contributed by atoms with van der Waals surface area (Å²) >= 11 is 1.42. The predicted octanol–water partition coefficient (Wildman–Crippen LogP) is 5.03. The zero-order valence-corrected chi connectivity index (χ0v) is 18.4. The van der Waals surface area contributed by atoms with Crippen molar-refractivity contribution in [3.8, 4) is 22.9 Å². The van der Waals surface area contributed by atoms with Crippen LogP contribution >= 0.6 is 11.3 Å². The van der Waals surface area contributed by atoms with Gasteiger partial charge in [0.2, 0.25) is 0 Å². The average molecular weight is 454 g/mol. The normalized spacial score (nSPS) is 11.2. The summed E-state index contributed by atoms with van der Waals surface area (Å²) in [6.07, 6.45) is 1.71. The number of anilines is 2. The van der Waals surface area contributed by atoms with E-state index in [2.05, 4.69) is 15.3 Å². The maximum Gasteiger partial charge on any atom is 0.342 e. The molecule has 0 spiro atoms. The van der Waals surface area contributed by atoms with Gasteiger partial charge in [-0.2, -0.15) is 8.42 Å². The number of rotatable bonds is 7. The van der Waals surface area contributed by atoms with Crippen molar-refractivity contribution in [1.29, 1.82) is 0 Å². The highest BCUT2D eigenvalue weighted by Gasteiger charge is 2.22. The Labute approximate surface area is 184 Å². The van der Waals surface area contributed by atoms with Crippen molar-refractivity contribution >= 4 is 32.3 Å². The maximum absolute atomic E-state index is 12.8. The zero-order chi connectivity index (χ0) is 21.8. The Morgan fingerprint density at radius 2 is 1.87 bits per heavy atom. The molecular weight excluding hydrogens is 434 g/mol. The molecule has 2 aromatic carbocycles. The van der Waals surface area contributed by atoms with Crippen LogP contribution in [0, 0.1) is 6.92 Å². The Bertz CT molecular complexity index is 1310. The number of ether oxygens (including phenoxy) is 1. The first-order valence-electron chi connectivity index (χ1n) is 9.28. The van der Waals surface area contributed by atoms with Gasteiger partial charge in [-0.1, -0.05) is 18.2 Å². The van der Waals surface area contributed by atoms with E-state index in [9.17, 15) is 8.42 Å². The summed E-state index contributed by atoms with van der Waals surface area (Å²) in [4.78, 5) is 8.80. The van der Waals surface area contributed by atoms with Crippen molar-refractivity contribution in [3.05, 3.63) is 77.8 Å². The molecule has 158 valence electrons. The molecule has 0 amide bonds. The third-order valence-electron chi connectivity index (χ3n) is 4.31. The lowest BCUT2D eigenvalue weighted by Crippen LogP contribution is -2.11. The minimum absolute atomic E-state index is 0.0201. The topological polar surface area (TPSA) is 90.4 Å². The number of methoxy groups -OCH3 is 1. The van der Waals surface area contributed by atoms with Crippen molar-refractivity contribution in [2.24, 2.45) is 0 Å². The molecule has 2 aromatic heterocycles. The highest BCUT2D eigenvalue weighted by Crippen LogP contribution is 2.30. The van der Waals surface area contributed by atoms with E-state index < -0.39 is 10.1 Å². The average Bonchev–Trinajstić information content (AvgIpc) is 3.23. The Morgan fingerprint density at radius 3 is 2.65 bits per heavy atom. The number of nitrogens with zero attached hydrogens (tertiary/aromatic N) is 2. The first kappa shape index (κ1) is 20.8. The minimum atomic E-state index is -4.07. The van der Waals surface area contributed by atoms with Gasteiger partial charge in [0.15, 0.2) is 5.13 Å². The van der Waals surface area contributed by atoms with Gasteiger partial charge in [0, 0.05) is 23.3 Å². The molecule has 7 nitrogen and oxygen atoms in total. The van der Waals surface area contributed by atoms with Gasteiger partial charge in [-0.3, -0.25) is 4.98 Å². The number of thiazole rings is 1. The zero-order valence-electron chi connectivity index (χ0n) is 16.8. The van der Waals surface area contributed by atoms with Gasteiger partial charge in [0.25, 0.3) is 0 Å². The van der Waals surface area contributed by atoms with E-state index in [1.54, 1.807) is 49.5 Å². The summed E-state index contributed by atoms with van der Waals surface area (Å²) in [7, 11) is -2.66. The summed E-state index contributed by atoms with van der Waals surface area (Å²) in [5, 5.41) is 5.73. The van der Waals surface area contributed by atoms with Crippen molar-refractivity contribution in [2.75, 3.05) is 12.4 Å². The van der Waals surface area contributed by atoms with E-state index in [1.807, 2.05) is 23.6 Å². The third-order valence-corrected chi connectivity index (χ3v) is 6.34. The van der Waals surface area contributed by atoms with E-state index in [4.69, 9.17) is 8.92 Å². The Balaban J connectivity index is 1.54. The molecule has 0 unspecified atom stereocenters. The second kappa shape index (κ2) is 8.75. The van der Waals surface area contributed by atoms with Gasteiger partial charge in [0.1, 0.15) is 22.1 Å². The van der Waals surface area contributed by atoms with Gasteiger partial charge < -0.3 is 14.2 Å². The number of aromatic nitrogens is 2. The molecule has 0 radical (unpaired) electrons. The Morgan fingerprint density at radius 1 is 1.00 bits per heavy atom. The smallest absolute Gasteiger partial charge is 0.342 e. The Hall–Kier alpha value is -3.43. The first-order chi connectivity index (χ1) is 14.9. The quantitative estimate of drug-likeness (QED) is 0.392. The molecule has 1 N–H and O–H groups in total.